The molecule has 3 aromatic rings. The molecule has 2 aromatic carbocycles. The summed E-state index contributed by atoms with van der Waals surface area (Å²) in [6, 6.07) is 14.7. The zero-order chi connectivity index (χ0) is 22.9. The SMILES string of the molecule is Cc1ccc(CNC(=O)n2nc(-c3ccc(NC(=O)C4CC4)cc3O)cc2C2CCC2)cc1. The molecule has 1 heterocycles. The van der Waals surface area contributed by atoms with E-state index in [1.807, 2.05) is 37.3 Å². The minimum atomic E-state index is -0.281. The summed E-state index contributed by atoms with van der Waals surface area (Å²) in [4.78, 5) is 25.0. The first-order chi connectivity index (χ1) is 16.0. The molecular formula is C26H28N4O3. The van der Waals surface area contributed by atoms with Crippen molar-refractivity contribution in [3.05, 3.63) is 65.4 Å². The predicted octanol–water partition coefficient (Wildman–Crippen LogP) is 4.94. The molecule has 5 rings (SSSR count). The standard InChI is InChI=1S/C26H28N4O3/c1-16-5-7-17(8-6-16)15-27-26(33)30-23(18-3-2-4-18)14-22(29-30)21-12-11-20(13-24(21)31)28-25(32)19-9-10-19/h5-8,11-14,18-19,31H,2-4,9-10,15H2,1H3,(H,27,33)(H,28,32). The average Bonchev–Trinajstić information content (AvgIpc) is 3.53. The van der Waals surface area contributed by atoms with E-state index in [4.69, 9.17) is 0 Å². The van der Waals surface area contributed by atoms with E-state index in [0.717, 1.165) is 43.4 Å². The van der Waals surface area contributed by atoms with Gasteiger partial charge in [-0.3, -0.25) is 4.79 Å². The van der Waals surface area contributed by atoms with Gasteiger partial charge in [0.05, 0.1) is 11.4 Å². The highest BCUT2D eigenvalue weighted by atomic mass is 16.3. The van der Waals surface area contributed by atoms with Gasteiger partial charge >= 0.3 is 6.03 Å². The molecule has 2 aliphatic rings. The fraction of sp³-hybridized carbons (Fsp3) is 0.346. The maximum atomic E-state index is 13.0. The zero-order valence-corrected chi connectivity index (χ0v) is 18.7. The van der Waals surface area contributed by atoms with E-state index in [1.165, 1.54) is 16.3 Å². The van der Waals surface area contributed by atoms with Crippen LogP contribution in [-0.2, 0) is 11.3 Å². The van der Waals surface area contributed by atoms with E-state index in [-0.39, 0.29) is 29.5 Å². The second-order valence-corrected chi connectivity index (χ2v) is 9.13. The molecule has 170 valence electrons. The maximum Gasteiger partial charge on any atom is 0.342 e. The first-order valence-electron chi connectivity index (χ1n) is 11.6. The molecule has 0 unspecified atom stereocenters. The van der Waals surface area contributed by atoms with E-state index in [2.05, 4.69) is 15.7 Å². The van der Waals surface area contributed by atoms with Crippen molar-refractivity contribution in [2.45, 2.75) is 51.5 Å². The molecule has 0 bridgehead atoms. The molecule has 2 aliphatic carbocycles. The van der Waals surface area contributed by atoms with Crippen LogP contribution in [-0.4, -0.2) is 26.8 Å². The number of benzene rings is 2. The molecule has 3 N–H and O–H groups in total. The summed E-state index contributed by atoms with van der Waals surface area (Å²) < 4.78 is 1.44. The Morgan fingerprint density at radius 1 is 1.06 bits per heavy atom. The Morgan fingerprint density at radius 3 is 2.45 bits per heavy atom. The Bertz CT molecular complexity index is 1190. The highest BCUT2D eigenvalue weighted by molar-refractivity contribution is 5.94. The van der Waals surface area contributed by atoms with Gasteiger partial charge in [-0.05, 0) is 56.4 Å². The number of aryl methyl sites for hydroxylation is 1. The molecule has 0 radical (unpaired) electrons. The Kier molecular flexibility index (Phi) is 5.62. The lowest BCUT2D eigenvalue weighted by Gasteiger charge is -2.25. The van der Waals surface area contributed by atoms with Crippen LogP contribution in [0.5, 0.6) is 5.75 Å². The summed E-state index contributed by atoms with van der Waals surface area (Å²) in [5.74, 6) is 0.388. The Labute approximate surface area is 192 Å². The molecule has 2 amide bonds. The van der Waals surface area contributed by atoms with Gasteiger partial charge in [0.1, 0.15) is 5.75 Å². The van der Waals surface area contributed by atoms with Crippen molar-refractivity contribution in [2.24, 2.45) is 5.92 Å². The van der Waals surface area contributed by atoms with Gasteiger partial charge in [0.25, 0.3) is 0 Å². The molecule has 7 nitrogen and oxygen atoms in total. The molecule has 0 atom stereocenters. The molecular weight excluding hydrogens is 416 g/mol. The second-order valence-electron chi connectivity index (χ2n) is 9.13. The van der Waals surface area contributed by atoms with Crippen molar-refractivity contribution in [1.29, 1.82) is 0 Å². The minimum absolute atomic E-state index is 0.0102. The lowest BCUT2D eigenvalue weighted by molar-refractivity contribution is -0.117. The summed E-state index contributed by atoms with van der Waals surface area (Å²) in [6.45, 7) is 2.45. The molecule has 2 saturated carbocycles. The summed E-state index contributed by atoms with van der Waals surface area (Å²) in [5, 5.41) is 21.0. The predicted molar refractivity (Wildman–Crippen MR) is 126 cm³/mol. The lowest BCUT2D eigenvalue weighted by atomic mass is 9.82. The third kappa shape index (κ3) is 4.62. The minimum Gasteiger partial charge on any atom is -0.507 e. The number of hydrogen-bond acceptors (Lipinski definition) is 4. The van der Waals surface area contributed by atoms with Gasteiger partial charge in [-0.2, -0.15) is 9.78 Å². The van der Waals surface area contributed by atoms with Gasteiger partial charge in [0, 0.05) is 35.7 Å². The number of rotatable bonds is 6. The van der Waals surface area contributed by atoms with E-state index in [9.17, 15) is 14.7 Å². The Hall–Kier alpha value is -3.61. The molecule has 0 saturated heterocycles. The number of nitrogens with zero attached hydrogens (tertiary/aromatic N) is 2. The van der Waals surface area contributed by atoms with Crippen LogP contribution in [0.3, 0.4) is 0 Å². The van der Waals surface area contributed by atoms with E-state index in [0.29, 0.717) is 23.5 Å². The number of aromatic nitrogens is 2. The molecule has 1 aromatic heterocycles. The lowest BCUT2D eigenvalue weighted by Crippen LogP contribution is -2.31. The molecule has 0 spiro atoms. The third-order valence-corrected chi connectivity index (χ3v) is 6.51. The van der Waals surface area contributed by atoms with Crippen molar-refractivity contribution in [3.8, 4) is 17.0 Å². The molecule has 33 heavy (non-hydrogen) atoms. The van der Waals surface area contributed by atoms with Crippen LogP contribution in [0, 0.1) is 12.8 Å². The first-order valence-corrected chi connectivity index (χ1v) is 11.6. The van der Waals surface area contributed by atoms with Crippen molar-refractivity contribution >= 4 is 17.6 Å². The summed E-state index contributed by atoms with van der Waals surface area (Å²) in [7, 11) is 0. The fourth-order valence-corrected chi connectivity index (χ4v) is 4.06. The number of hydrogen-bond donors (Lipinski definition) is 3. The Balaban J connectivity index is 1.36. The normalized spacial score (nSPS) is 15.7. The van der Waals surface area contributed by atoms with E-state index in [1.54, 1.807) is 12.1 Å². The van der Waals surface area contributed by atoms with E-state index < -0.39 is 0 Å². The van der Waals surface area contributed by atoms with Gasteiger partial charge in [0.2, 0.25) is 5.91 Å². The quantitative estimate of drug-likeness (QED) is 0.502. The highest BCUT2D eigenvalue weighted by Crippen LogP contribution is 2.39. The third-order valence-electron chi connectivity index (χ3n) is 6.51. The average molecular weight is 445 g/mol. The molecule has 0 aliphatic heterocycles. The van der Waals surface area contributed by atoms with Gasteiger partial charge in [-0.15, -0.1) is 0 Å². The van der Waals surface area contributed by atoms with Crippen LogP contribution in [0.1, 0.15) is 54.8 Å². The van der Waals surface area contributed by atoms with Crippen LogP contribution in [0.4, 0.5) is 10.5 Å². The number of carbonyl (C=O) groups is 2. The molecule has 2 fully saturated rings. The van der Waals surface area contributed by atoms with E-state index >= 15 is 0 Å². The number of carbonyl (C=O) groups excluding carboxylic acids is 2. The number of phenolic OH excluding ortho intramolecular Hbond substituents is 1. The summed E-state index contributed by atoms with van der Waals surface area (Å²) in [6.07, 6.45) is 5.02. The summed E-state index contributed by atoms with van der Waals surface area (Å²) >= 11 is 0. The smallest absolute Gasteiger partial charge is 0.342 e. The second kappa shape index (κ2) is 8.73. The van der Waals surface area contributed by atoms with Crippen molar-refractivity contribution in [2.75, 3.05) is 5.32 Å². The van der Waals surface area contributed by atoms with Crippen LogP contribution < -0.4 is 10.6 Å². The van der Waals surface area contributed by atoms with Gasteiger partial charge in [-0.1, -0.05) is 36.2 Å². The number of amides is 2. The van der Waals surface area contributed by atoms with Gasteiger partial charge in [0.15, 0.2) is 0 Å². The highest BCUT2D eigenvalue weighted by Gasteiger charge is 2.30. The van der Waals surface area contributed by atoms with Crippen molar-refractivity contribution < 1.29 is 14.7 Å². The monoisotopic (exact) mass is 444 g/mol. The first kappa shape index (κ1) is 21.2. The van der Waals surface area contributed by atoms with Crippen LogP contribution in [0.15, 0.2) is 48.5 Å². The number of nitrogens with one attached hydrogen (secondary N) is 2. The number of aromatic hydroxyl groups is 1. The van der Waals surface area contributed by atoms with Crippen LogP contribution in [0.2, 0.25) is 0 Å². The van der Waals surface area contributed by atoms with Gasteiger partial charge < -0.3 is 15.7 Å². The topological polar surface area (TPSA) is 96.3 Å². The summed E-state index contributed by atoms with van der Waals surface area (Å²) in [5.41, 5.74) is 4.69. The van der Waals surface area contributed by atoms with Crippen LogP contribution in [0.25, 0.3) is 11.3 Å². The molecule has 7 heteroatoms. The zero-order valence-electron chi connectivity index (χ0n) is 18.7. The van der Waals surface area contributed by atoms with Crippen molar-refractivity contribution in [3.63, 3.8) is 0 Å². The van der Waals surface area contributed by atoms with Crippen LogP contribution >= 0.6 is 0 Å². The maximum absolute atomic E-state index is 13.0. The Morgan fingerprint density at radius 2 is 1.82 bits per heavy atom. The largest absolute Gasteiger partial charge is 0.507 e. The number of phenols is 1. The van der Waals surface area contributed by atoms with Crippen molar-refractivity contribution in [1.82, 2.24) is 15.1 Å². The number of anilines is 1. The van der Waals surface area contributed by atoms with Gasteiger partial charge in [-0.25, -0.2) is 4.79 Å². The fourth-order valence-electron chi connectivity index (χ4n) is 4.06.